The third kappa shape index (κ3) is 5.44. The third-order valence-corrected chi connectivity index (χ3v) is 3.70. The lowest BCUT2D eigenvalue weighted by Gasteiger charge is -2.32. The molecule has 0 N–H and O–H groups in total. The van der Waals surface area contributed by atoms with Crippen LogP contribution in [0.25, 0.3) is 10.4 Å². The van der Waals surface area contributed by atoms with E-state index < -0.39 is 29.5 Å². The third-order valence-electron chi connectivity index (χ3n) is 3.70. The van der Waals surface area contributed by atoms with E-state index in [1.807, 2.05) is 6.07 Å². The summed E-state index contributed by atoms with van der Waals surface area (Å²) in [6, 6.07) is 1.93. The Labute approximate surface area is 138 Å². The van der Waals surface area contributed by atoms with E-state index in [-0.39, 0.29) is 19.3 Å². The number of carbonyl (C=O) groups excluding carboxylic acids is 3. The fraction of sp³-hybridized carbons (Fsp3) is 0.714. The average Bonchev–Trinajstić information content (AvgIpc) is 2.83. The Morgan fingerprint density at radius 2 is 2.08 bits per heavy atom. The molecule has 24 heavy (non-hydrogen) atoms. The monoisotopic (exact) mass is 337 g/mol. The molecular weight excluding hydrogens is 318 g/mol. The second-order valence-electron chi connectivity index (χ2n) is 5.94. The standard InChI is InChI=1S/C14H19N5O5/c1-14(2,7-3-9-17-18-16)10(6-8-15)23-13(22)24-19-11(20)4-5-12(19)21/h10H,3-7,9H2,1-2H3. The molecule has 1 heterocycles. The number of nitrogens with zero attached hydrogens (tertiary/aromatic N) is 5. The van der Waals surface area contributed by atoms with Gasteiger partial charge in [-0.15, -0.1) is 0 Å². The molecule has 1 atom stereocenters. The topological polar surface area (TPSA) is 145 Å². The van der Waals surface area contributed by atoms with E-state index in [0.717, 1.165) is 0 Å². The first-order valence-corrected chi connectivity index (χ1v) is 7.44. The van der Waals surface area contributed by atoms with Gasteiger partial charge in [0.25, 0.3) is 11.8 Å². The minimum Gasteiger partial charge on any atom is -0.428 e. The van der Waals surface area contributed by atoms with Crippen LogP contribution in [0.4, 0.5) is 4.79 Å². The zero-order valence-corrected chi connectivity index (χ0v) is 13.6. The number of amides is 2. The summed E-state index contributed by atoms with van der Waals surface area (Å²) in [6.45, 7) is 3.88. The van der Waals surface area contributed by atoms with Gasteiger partial charge in [-0.3, -0.25) is 14.4 Å². The molecule has 1 fully saturated rings. The number of hydroxylamine groups is 2. The fourth-order valence-electron chi connectivity index (χ4n) is 2.24. The Hall–Kier alpha value is -2.79. The first-order chi connectivity index (χ1) is 11.3. The molecule has 0 saturated carbocycles. The molecule has 1 saturated heterocycles. The van der Waals surface area contributed by atoms with Crippen molar-refractivity contribution < 1.29 is 24.0 Å². The molecule has 10 heteroatoms. The molecule has 0 aromatic heterocycles. The van der Waals surface area contributed by atoms with Gasteiger partial charge in [-0.05, 0) is 18.4 Å². The van der Waals surface area contributed by atoms with Gasteiger partial charge in [-0.25, -0.2) is 4.79 Å². The maximum Gasteiger partial charge on any atom is 0.534 e. The lowest BCUT2D eigenvalue weighted by Crippen LogP contribution is -2.38. The second kappa shape index (κ2) is 8.74. The van der Waals surface area contributed by atoms with Crippen LogP contribution in [-0.2, 0) is 19.2 Å². The van der Waals surface area contributed by atoms with Crippen LogP contribution in [0, 0.1) is 16.7 Å². The summed E-state index contributed by atoms with van der Waals surface area (Å²) in [5.41, 5.74) is 7.67. The van der Waals surface area contributed by atoms with Gasteiger partial charge in [-0.1, -0.05) is 24.0 Å². The molecule has 1 aliphatic heterocycles. The van der Waals surface area contributed by atoms with Gasteiger partial charge >= 0.3 is 6.16 Å². The molecular formula is C14H19N5O5. The van der Waals surface area contributed by atoms with Crippen LogP contribution in [0.15, 0.2) is 5.11 Å². The van der Waals surface area contributed by atoms with Crippen molar-refractivity contribution in [1.29, 1.82) is 5.26 Å². The quantitative estimate of drug-likeness (QED) is 0.166. The Morgan fingerprint density at radius 1 is 1.46 bits per heavy atom. The maximum atomic E-state index is 11.8. The SMILES string of the molecule is CC(C)(CCCN=[N+]=[N-])C(CC#N)OC(=O)ON1C(=O)CCC1=O. The van der Waals surface area contributed by atoms with Gasteiger partial charge in [0, 0.05) is 29.7 Å². The number of nitriles is 1. The van der Waals surface area contributed by atoms with Crippen molar-refractivity contribution in [2.24, 2.45) is 10.5 Å². The van der Waals surface area contributed by atoms with E-state index in [4.69, 9.17) is 15.5 Å². The first-order valence-electron chi connectivity index (χ1n) is 7.44. The maximum absolute atomic E-state index is 11.8. The number of ether oxygens (including phenoxy) is 1. The van der Waals surface area contributed by atoms with Gasteiger partial charge < -0.3 is 4.74 Å². The van der Waals surface area contributed by atoms with Crippen molar-refractivity contribution in [3.63, 3.8) is 0 Å². The van der Waals surface area contributed by atoms with E-state index in [0.29, 0.717) is 24.4 Å². The summed E-state index contributed by atoms with van der Waals surface area (Å²) in [6.07, 6.45) is -1.02. The van der Waals surface area contributed by atoms with Crippen molar-refractivity contribution in [2.45, 2.75) is 52.1 Å². The van der Waals surface area contributed by atoms with Crippen LogP contribution in [0.5, 0.6) is 0 Å². The predicted octanol–water partition coefficient (Wildman–Crippen LogP) is 2.60. The van der Waals surface area contributed by atoms with E-state index in [1.165, 1.54) is 0 Å². The van der Waals surface area contributed by atoms with Crippen molar-refractivity contribution in [3.05, 3.63) is 10.4 Å². The van der Waals surface area contributed by atoms with E-state index in [9.17, 15) is 14.4 Å². The fourth-order valence-corrected chi connectivity index (χ4v) is 2.24. The summed E-state index contributed by atoms with van der Waals surface area (Å²) >= 11 is 0. The first kappa shape index (κ1) is 19.3. The summed E-state index contributed by atoms with van der Waals surface area (Å²) in [5, 5.41) is 12.7. The minimum atomic E-state index is -1.21. The normalized spacial score (nSPS) is 15.5. The van der Waals surface area contributed by atoms with Crippen LogP contribution < -0.4 is 0 Å². The molecule has 0 bridgehead atoms. The molecule has 0 spiro atoms. The number of carbonyl (C=O) groups is 3. The van der Waals surface area contributed by atoms with Gasteiger partial charge in [-0.2, -0.15) is 5.26 Å². The van der Waals surface area contributed by atoms with E-state index in [2.05, 4.69) is 14.9 Å². The summed E-state index contributed by atoms with van der Waals surface area (Å²) < 4.78 is 5.14. The number of azide groups is 1. The van der Waals surface area contributed by atoms with E-state index >= 15 is 0 Å². The van der Waals surface area contributed by atoms with Crippen LogP contribution in [0.2, 0.25) is 0 Å². The highest BCUT2D eigenvalue weighted by molar-refractivity contribution is 6.01. The molecule has 1 unspecified atom stereocenters. The van der Waals surface area contributed by atoms with Crippen LogP contribution >= 0.6 is 0 Å². The lowest BCUT2D eigenvalue weighted by atomic mass is 9.80. The highest BCUT2D eigenvalue weighted by atomic mass is 16.8. The van der Waals surface area contributed by atoms with Crippen LogP contribution in [0.3, 0.4) is 0 Å². The zero-order chi connectivity index (χ0) is 18.2. The molecule has 1 aliphatic rings. The predicted molar refractivity (Wildman–Crippen MR) is 79.7 cm³/mol. The van der Waals surface area contributed by atoms with Crippen LogP contribution in [0.1, 0.15) is 46.0 Å². The van der Waals surface area contributed by atoms with E-state index in [1.54, 1.807) is 13.8 Å². The molecule has 0 aliphatic carbocycles. The molecule has 0 aromatic rings. The summed E-state index contributed by atoms with van der Waals surface area (Å²) in [5.74, 6) is -1.22. The summed E-state index contributed by atoms with van der Waals surface area (Å²) in [7, 11) is 0. The molecule has 130 valence electrons. The van der Waals surface area contributed by atoms with Crippen molar-refractivity contribution in [3.8, 4) is 6.07 Å². The number of imide groups is 1. The Morgan fingerprint density at radius 3 is 2.62 bits per heavy atom. The number of hydrogen-bond donors (Lipinski definition) is 0. The molecule has 0 radical (unpaired) electrons. The van der Waals surface area contributed by atoms with Crippen molar-refractivity contribution >= 4 is 18.0 Å². The van der Waals surface area contributed by atoms with Crippen molar-refractivity contribution in [1.82, 2.24) is 5.06 Å². The largest absolute Gasteiger partial charge is 0.534 e. The summed E-state index contributed by atoms with van der Waals surface area (Å²) in [4.78, 5) is 42.0. The Kier molecular flexibility index (Phi) is 7.01. The molecule has 10 nitrogen and oxygen atoms in total. The number of hydrogen-bond acceptors (Lipinski definition) is 7. The highest BCUT2D eigenvalue weighted by Gasteiger charge is 2.37. The number of rotatable bonds is 8. The van der Waals surface area contributed by atoms with Gasteiger partial charge in [0.05, 0.1) is 12.5 Å². The molecule has 2 amide bonds. The van der Waals surface area contributed by atoms with Gasteiger partial charge in [0.2, 0.25) is 0 Å². The average molecular weight is 337 g/mol. The zero-order valence-electron chi connectivity index (χ0n) is 13.6. The Bertz CT molecular complexity index is 575. The Balaban J connectivity index is 2.65. The smallest absolute Gasteiger partial charge is 0.428 e. The molecule has 1 rings (SSSR count). The minimum absolute atomic E-state index is 0.0152. The van der Waals surface area contributed by atoms with Gasteiger partial charge in [0.1, 0.15) is 6.10 Å². The molecule has 0 aromatic carbocycles. The van der Waals surface area contributed by atoms with Crippen LogP contribution in [-0.4, -0.2) is 35.7 Å². The van der Waals surface area contributed by atoms with Crippen molar-refractivity contribution in [2.75, 3.05) is 6.54 Å². The lowest BCUT2D eigenvalue weighted by molar-refractivity contribution is -0.180. The highest BCUT2D eigenvalue weighted by Crippen LogP contribution is 2.31. The van der Waals surface area contributed by atoms with Gasteiger partial charge in [0.15, 0.2) is 0 Å². The second-order valence-corrected chi connectivity index (χ2v) is 5.94.